The molecule has 1 N–H and O–H groups in total. The maximum absolute atomic E-state index is 12.8. The van der Waals surface area contributed by atoms with E-state index in [1.807, 2.05) is 22.6 Å². The number of aliphatic hydroxyl groups excluding tert-OH is 1. The first-order valence-electron chi connectivity index (χ1n) is 2.89. The number of hydrogen-bond donors (Lipinski definition) is 1. The van der Waals surface area contributed by atoms with Crippen molar-refractivity contribution in [1.82, 2.24) is 0 Å². The molecule has 1 aromatic carbocycles. The summed E-state index contributed by atoms with van der Waals surface area (Å²) in [6.45, 7) is -0.229. The van der Waals surface area contributed by atoms with E-state index in [1.165, 1.54) is 12.1 Å². The van der Waals surface area contributed by atoms with E-state index in [2.05, 4.69) is 0 Å². The molecule has 0 saturated carbocycles. The summed E-state index contributed by atoms with van der Waals surface area (Å²) >= 11 is 7.51. The van der Waals surface area contributed by atoms with Gasteiger partial charge < -0.3 is 5.11 Å². The second-order valence-corrected chi connectivity index (χ2v) is 3.59. The molecule has 0 aliphatic heterocycles. The summed E-state index contributed by atoms with van der Waals surface area (Å²) in [5.74, 6) is -0.348. The lowest BCUT2D eigenvalue weighted by atomic mass is 10.2. The molecule has 0 bridgehead atoms. The third-order valence-corrected chi connectivity index (χ3v) is 2.44. The highest BCUT2D eigenvalue weighted by Gasteiger charge is 2.04. The number of hydrogen-bond acceptors (Lipinski definition) is 1. The van der Waals surface area contributed by atoms with Crippen molar-refractivity contribution in [3.8, 4) is 0 Å². The van der Waals surface area contributed by atoms with E-state index in [-0.39, 0.29) is 12.4 Å². The normalized spacial score (nSPS) is 10.2. The Morgan fingerprint density at radius 3 is 2.73 bits per heavy atom. The molecule has 4 heteroatoms. The van der Waals surface area contributed by atoms with E-state index < -0.39 is 0 Å². The van der Waals surface area contributed by atoms with Crippen molar-refractivity contribution in [3.63, 3.8) is 0 Å². The summed E-state index contributed by atoms with van der Waals surface area (Å²) in [6.07, 6.45) is 0. The van der Waals surface area contributed by atoms with Crippen molar-refractivity contribution in [1.29, 1.82) is 0 Å². The van der Waals surface area contributed by atoms with Gasteiger partial charge in [-0.2, -0.15) is 0 Å². The van der Waals surface area contributed by atoms with Gasteiger partial charge in [0.25, 0.3) is 0 Å². The number of benzene rings is 1. The van der Waals surface area contributed by atoms with Crippen LogP contribution in [-0.4, -0.2) is 5.11 Å². The van der Waals surface area contributed by atoms with E-state index in [0.29, 0.717) is 14.2 Å². The van der Waals surface area contributed by atoms with Gasteiger partial charge in [0, 0.05) is 5.02 Å². The van der Waals surface area contributed by atoms with Crippen LogP contribution in [0.2, 0.25) is 5.02 Å². The maximum Gasteiger partial charge on any atom is 0.136 e. The van der Waals surface area contributed by atoms with Crippen molar-refractivity contribution >= 4 is 34.2 Å². The average molecular weight is 286 g/mol. The lowest BCUT2D eigenvalue weighted by Crippen LogP contribution is -1.89. The zero-order valence-corrected chi connectivity index (χ0v) is 8.36. The Morgan fingerprint density at radius 2 is 2.18 bits per heavy atom. The van der Waals surface area contributed by atoms with Crippen LogP contribution in [0.4, 0.5) is 4.39 Å². The largest absolute Gasteiger partial charge is 0.392 e. The first kappa shape index (κ1) is 9.22. The Balaban J connectivity index is 3.21. The predicted octanol–water partition coefficient (Wildman–Crippen LogP) is 2.58. The Bertz CT molecular complexity index is 277. The highest BCUT2D eigenvalue weighted by atomic mass is 127. The summed E-state index contributed by atoms with van der Waals surface area (Å²) < 4.78 is 13.2. The second-order valence-electron chi connectivity index (χ2n) is 2.02. The SMILES string of the molecule is OCc1cc(F)c(I)cc1Cl. The smallest absolute Gasteiger partial charge is 0.136 e. The van der Waals surface area contributed by atoms with Crippen molar-refractivity contribution < 1.29 is 9.50 Å². The molecule has 0 aliphatic carbocycles. The van der Waals surface area contributed by atoms with Crippen LogP contribution in [0.1, 0.15) is 5.56 Å². The Labute approximate surface area is 82.3 Å². The molecule has 0 atom stereocenters. The third-order valence-electron chi connectivity index (χ3n) is 1.26. The third kappa shape index (κ3) is 2.04. The van der Waals surface area contributed by atoms with E-state index in [4.69, 9.17) is 16.7 Å². The Hall–Kier alpha value is 0.130. The topological polar surface area (TPSA) is 20.2 Å². The summed E-state index contributed by atoms with van der Waals surface area (Å²) in [4.78, 5) is 0. The molecule has 1 rings (SSSR count). The zero-order valence-electron chi connectivity index (χ0n) is 5.44. The van der Waals surface area contributed by atoms with Crippen LogP contribution in [0, 0.1) is 9.39 Å². The first-order chi connectivity index (χ1) is 5.15. The number of halogens is 3. The van der Waals surface area contributed by atoms with Gasteiger partial charge in [-0.15, -0.1) is 0 Å². The highest BCUT2D eigenvalue weighted by Crippen LogP contribution is 2.21. The minimum absolute atomic E-state index is 0.229. The Kier molecular flexibility index (Phi) is 3.09. The molecular formula is C7H5ClFIO. The van der Waals surface area contributed by atoms with Crippen LogP contribution in [-0.2, 0) is 6.61 Å². The van der Waals surface area contributed by atoms with Gasteiger partial charge in [-0.1, -0.05) is 11.6 Å². The van der Waals surface area contributed by atoms with E-state index in [9.17, 15) is 4.39 Å². The standard InChI is InChI=1S/C7H5ClFIO/c8-5-2-7(10)6(9)1-4(5)3-11/h1-2,11H,3H2. The molecular weight excluding hydrogens is 281 g/mol. The van der Waals surface area contributed by atoms with Crippen LogP contribution in [0.3, 0.4) is 0 Å². The molecule has 0 amide bonds. The zero-order chi connectivity index (χ0) is 8.43. The molecule has 1 nitrogen and oxygen atoms in total. The molecule has 0 fully saturated rings. The van der Waals surface area contributed by atoms with E-state index in [1.54, 1.807) is 0 Å². The van der Waals surface area contributed by atoms with Gasteiger partial charge in [0.15, 0.2) is 0 Å². The molecule has 0 heterocycles. The molecule has 0 spiro atoms. The molecule has 0 aromatic heterocycles. The van der Waals surface area contributed by atoms with Gasteiger partial charge in [0.05, 0.1) is 10.2 Å². The van der Waals surface area contributed by atoms with Crippen LogP contribution >= 0.6 is 34.2 Å². The fourth-order valence-electron chi connectivity index (χ4n) is 0.685. The summed E-state index contributed by atoms with van der Waals surface area (Å²) in [7, 11) is 0. The molecule has 0 unspecified atom stereocenters. The second kappa shape index (κ2) is 3.69. The highest BCUT2D eigenvalue weighted by molar-refractivity contribution is 14.1. The lowest BCUT2D eigenvalue weighted by molar-refractivity contribution is 0.281. The quantitative estimate of drug-likeness (QED) is 0.621. The molecule has 0 aliphatic rings. The average Bonchev–Trinajstić information content (AvgIpc) is 1.97. The van der Waals surface area contributed by atoms with Gasteiger partial charge in [-0.3, -0.25) is 0 Å². The number of aliphatic hydroxyl groups is 1. The van der Waals surface area contributed by atoms with Gasteiger partial charge in [-0.25, -0.2) is 4.39 Å². The molecule has 11 heavy (non-hydrogen) atoms. The van der Waals surface area contributed by atoms with Gasteiger partial charge in [0.1, 0.15) is 5.82 Å². The first-order valence-corrected chi connectivity index (χ1v) is 4.35. The molecule has 0 saturated heterocycles. The molecule has 1 aromatic rings. The summed E-state index contributed by atoms with van der Waals surface area (Å²) in [5, 5.41) is 9.08. The van der Waals surface area contributed by atoms with E-state index in [0.717, 1.165) is 0 Å². The fraction of sp³-hybridized carbons (Fsp3) is 0.143. The molecule has 0 radical (unpaired) electrons. The van der Waals surface area contributed by atoms with Crippen molar-refractivity contribution in [3.05, 3.63) is 32.1 Å². The minimum Gasteiger partial charge on any atom is -0.392 e. The van der Waals surface area contributed by atoms with Gasteiger partial charge in [-0.05, 0) is 40.3 Å². The number of rotatable bonds is 1. The van der Waals surface area contributed by atoms with Crippen molar-refractivity contribution in [2.45, 2.75) is 6.61 Å². The van der Waals surface area contributed by atoms with Crippen molar-refractivity contribution in [2.75, 3.05) is 0 Å². The summed E-state index contributed by atoms with van der Waals surface area (Å²) in [5.41, 5.74) is 0.421. The van der Waals surface area contributed by atoms with Crippen LogP contribution in [0.25, 0.3) is 0 Å². The minimum atomic E-state index is -0.348. The lowest BCUT2D eigenvalue weighted by Gasteiger charge is -2.01. The predicted molar refractivity (Wildman–Crippen MR) is 50.0 cm³/mol. The van der Waals surface area contributed by atoms with Gasteiger partial charge in [0.2, 0.25) is 0 Å². The fourth-order valence-corrected chi connectivity index (χ4v) is 1.56. The van der Waals surface area contributed by atoms with E-state index >= 15 is 0 Å². The van der Waals surface area contributed by atoms with Gasteiger partial charge >= 0.3 is 0 Å². The van der Waals surface area contributed by atoms with Crippen LogP contribution < -0.4 is 0 Å². The van der Waals surface area contributed by atoms with Crippen LogP contribution in [0.5, 0.6) is 0 Å². The van der Waals surface area contributed by atoms with Crippen molar-refractivity contribution in [2.24, 2.45) is 0 Å². The van der Waals surface area contributed by atoms with Crippen LogP contribution in [0.15, 0.2) is 12.1 Å². The molecule has 60 valence electrons. The maximum atomic E-state index is 12.8. The monoisotopic (exact) mass is 286 g/mol. The Morgan fingerprint density at radius 1 is 1.55 bits per heavy atom. The summed E-state index contributed by atoms with van der Waals surface area (Å²) in [6, 6.07) is 2.73.